The molecule has 6 aromatic rings. The highest BCUT2D eigenvalue weighted by atomic mass is 32.2. The van der Waals surface area contributed by atoms with Crippen LogP contribution in [-0.2, 0) is 5.41 Å². The molecule has 6 aromatic carbocycles. The third kappa shape index (κ3) is 5.01. The van der Waals surface area contributed by atoms with Crippen molar-refractivity contribution >= 4 is 45.9 Å². The lowest BCUT2D eigenvalue weighted by Crippen LogP contribution is -2.48. The smallest absolute Gasteiger partial charge is 0.0601 e. The maximum absolute atomic E-state index is 2.48. The second kappa shape index (κ2) is 11.7. The summed E-state index contributed by atoms with van der Waals surface area (Å²) in [6, 6.07) is 56.1. The fourth-order valence-corrected chi connectivity index (χ4v) is 11.2. The lowest BCUT2D eigenvalue weighted by atomic mass is 9.48. The zero-order valence-electron chi connectivity index (χ0n) is 27.7. The van der Waals surface area contributed by atoms with Gasteiger partial charge in [-0.1, -0.05) is 96.7 Å². The number of nitrogens with zero attached hydrogens (tertiary/aromatic N) is 2. The van der Waals surface area contributed by atoms with E-state index >= 15 is 0 Å². The van der Waals surface area contributed by atoms with E-state index in [0.717, 1.165) is 29.1 Å². The van der Waals surface area contributed by atoms with Gasteiger partial charge in [-0.3, -0.25) is 0 Å². The topological polar surface area (TPSA) is 6.48 Å². The molecule has 3 heteroatoms. The molecule has 2 nitrogen and oxygen atoms in total. The van der Waals surface area contributed by atoms with Crippen molar-refractivity contribution in [3.63, 3.8) is 0 Å². The van der Waals surface area contributed by atoms with Gasteiger partial charge >= 0.3 is 0 Å². The first-order valence-electron chi connectivity index (χ1n) is 18.0. The Kier molecular flexibility index (Phi) is 6.98. The summed E-state index contributed by atoms with van der Waals surface area (Å²) in [5, 5.41) is 0. The number of hydrogen-bond acceptors (Lipinski definition) is 3. The Labute approximate surface area is 294 Å². The largest absolute Gasteiger partial charge is 0.310 e. The molecular formula is C46H40N2S. The molecule has 0 unspecified atom stereocenters. The molecule has 240 valence electrons. The van der Waals surface area contributed by atoms with E-state index in [1.165, 1.54) is 82.2 Å². The van der Waals surface area contributed by atoms with Gasteiger partial charge in [0.15, 0.2) is 0 Å². The Morgan fingerprint density at radius 3 is 1.63 bits per heavy atom. The van der Waals surface area contributed by atoms with Crippen molar-refractivity contribution in [2.75, 3.05) is 9.80 Å². The van der Waals surface area contributed by atoms with Crippen molar-refractivity contribution in [3.8, 4) is 11.1 Å². The molecule has 0 aromatic heterocycles. The lowest BCUT2D eigenvalue weighted by molar-refractivity contribution is -0.00518. The van der Waals surface area contributed by atoms with Gasteiger partial charge in [0, 0.05) is 32.4 Å². The molecule has 4 bridgehead atoms. The van der Waals surface area contributed by atoms with Gasteiger partial charge in [0.25, 0.3) is 0 Å². The highest BCUT2D eigenvalue weighted by molar-refractivity contribution is 7.99. The molecular weight excluding hydrogens is 613 g/mol. The van der Waals surface area contributed by atoms with Crippen molar-refractivity contribution in [3.05, 3.63) is 157 Å². The fraction of sp³-hybridized carbons (Fsp3) is 0.217. The molecule has 0 atom stereocenters. The van der Waals surface area contributed by atoms with Crippen molar-refractivity contribution in [2.45, 2.75) is 53.7 Å². The van der Waals surface area contributed by atoms with E-state index in [9.17, 15) is 0 Å². The summed E-state index contributed by atoms with van der Waals surface area (Å²) in [5.74, 6) is 2.82. The van der Waals surface area contributed by atoms with E-state index in [1.807, 2.05) is 11.8 Å². The van der Waals surface area contributed by atoms with Crippen LogP contribution in [0.25, 0.3) is 11.1 Å². The van der Waals surface area contributed by atoms with Crippen LogP contribution in [-0.4, -0.2) is 0 Å². The Morgan fingerprint density at radius 1 is 0.510 bits per heavy atom. The molecule has 4 fully saturated rings. The van der Waals surface area contributed by atoms with Crippen LogP contribution in [0.5, 0.6) is 0 Å². The molecule has 0 amide bonds. The van der Waals surface area contributed by atoms with E-state index < -0.39 is 0 Å². The first-order valence-corrected chi connectivity index (χ1v) is 18.8. The van der Waals surface area contributed by atoms with Crippen molar-refractivity contribution < 1.29 is 0 Å². The van der Waals surface area contributed by atoms with Gasteiger partial charge in [-0.25, -0.2) is 0 Å². The predicted octanol–water partition coefficient (Wildman–Crippen LogP) is 13.2. The minimum absolute atomic E-state index is 0.390. The van der Waals surface area contributed by atoms with E-state index in [0.29, 0.717) is 5.41 Å². The zero-order chi connectivity index (χ0) is 32.4. The second-order valence-corrected chi connectivity index (χ2v) is 15.9. The molecule has 4 aliphatic carbocycles. The first-order chi connectivity index (χ1) is 24.2. The Balaban J connectivity index is 1.07. The lowest BCUT2D eigenvalue weighted by Gasteiger charge is -2.57. The number of benzene rings is 6. The summed E-state index contributed by atoms with van der Waals surface area (Å²) in [7, 11) is 0. The van der Waals surface area contributed by atoms with Crippen LogP contribution in [0.2, 0.25) is 0 Å². The Bertz CT molecular complexity index is 2050. The third-order valence-electron chi connectivity index (χ3n) is 11.8. The molecule has 11 rings (SSSR count). The molecule has 1 aliphatic heterocycles. The number of fused-ring (bicyclic) bond motifs is 2. The molecule has 49 heavy (non-hydrogen) atoms. The normalized spacial score (nSPS) is 23.2. The van der Waals surface area contributed by atoms with Gasteiger partial charge in [-0.15, -0.1) is 0 Å². The number of anilines is 6. The van der Waals surface area contributed by atoms with Crippen molar-refractivity contribution in [1.29, 1.82) is 0 Å². The number of rotatable bonds is 6. The van der Waals surface area contributed by atoms with Crippen LogP contribution >= 0.6 is 11.8 Å². The molecule has 4 saturated carbocycles. The molecule has 0 radical (unpaired) electrons. The van der Waals surface area contributed by atoms with Crippen LogP contribution in [0.1, 0.15) is 44.1 Å². The summed E-state index contributed by atoms with van der Waals surface area (Å²) in [6.45, 7) is 0. The molecule has 5 aliphatic rings. The van der Waals surface area contributed by atoms with E-state index in [4.69, 9.17) is 0 Å². The van der Waals surface area contributed by atoms with Crippen LogP contribution in [0.15, 0.2) is 161 Å². The summed E-state index contributed by atoms with van der Waals surface area (Å²) in [4.78, 5) is 7.43. The highest BCUT2D eigenvalue weighted by Gasteiger charge is 2.51. The predicted molar refractivity (Wildman–Crippen MR) is 205 cm³/mol. The monoisotopic (exact) mass is 652 g/mol. The van der Waals surface area contributed by atoms with Gasteiger partial charge in [0.05, 0.1) is 17.1 Å². The molecule has 1 heterocycles. The van der Waals surface area contributed by atoms with Crippen molar-refractivity contribution in [2.24, 2.45) is 17.8 Å². The second-order valence-electron chi connectivity index (χ2n) is 14.9. The third-order valence-corrected chi connectivity index (χ3v) is 12.9. The van der Waals surface area contributed by atoms with E-state index in [2.05, 4.69) is 161 Å². The summed E-state index contributed by atoms with van der Waals surface area (Å²) in [6.07, 6.45) is 8.60. The van der Waals surface area contributed by atoms with Crippen LogP contribution in [0.3, 0.4) is 0 Å². The average molecular weight is 653 g/mol. The Morgan fingerprint density at radius 2 is 1.02 bits per heavy atom. The first kappa shape index (κ1) is 29.2. The molecule has 0 saturated heterocycles. The van der Waals surface area contributed by atoms with Gasteiger partial charge < -0.3 is 9.80 Å². The summed E-state index contributed by atoms with van der Waals surface area (Å²) in [5.41, 5.74) is 11.6. The average Bonchev–Trinajstić information content (AvgIpc) is 3.15. The van der Waals surface area contributed by atoms with Crippen LogP contribution in [0.4, 0.5) is 34.1 Å². The SMILES string of the molecule is c1ccc(-c2ccccc2N(c2ccc(N3c4ccccc4Sc4ccccc43)cc2)c2ccc(C34CC5CC(CC(C5)C3)C4)cc2)cc1. The van der Waals surface area contributed by atoms with Crippen LogP contribution < -0.4 is 9.80 Å². The quantitative estimate of drug-likeness (QED) is 0.176. The molecule has 0 spiro atoms. The number of hydrogen-bond donors (Lipinski definition) is 0. The minimum Gasteiger partial charge on any atom is -0.310 e. The summed E-state index contributed by atoms with van der Waals surface area (Å²) < 4.78 is 0. The summed E-state index contributed by atoms with van der Waals surface area (Å²) >= 11 is 1.85. The van der Waals surface area contributed by atoms with Gasteiger partial charge in [-0.2, -0.15) is 0 Å². The highest BCUT2D eigenvalue weighted by Crippen LogP contribution is 2.61. The fourth-order valence-electron chi connectivity index (χ4n) is 10.1. The van der Waals surface area contributed by atoms with Gasteiger partial charge in [0.2, 0.25) is 0 Å². The maximum Gasteiger partial charge on any atom is 0.0601 e. The van der Waals surface area contributed by atoms with Gasteiger partial charge in [-0.05, 0) is 140 Å². The van der Waals surface area contributed by atoms with Gasteiger partial charge in [0.1, 0.15) is 0 Å². The minimum atomic E-state index is 0.390. The Hall–Kier alpha value is -4.73. The molecule has 0 N–H and O–H groups in total. The van der Waals surface area contributed by atoms with Crippen LogP contribution in [0, 0.1) is 17.8 Å². The van der Waals surface area contributed by atoms with Crippen molar-refractivity contribution in [1.82, 2.24) is 0 Å². The number of para-hydroxylation sites is 3. The zero-order valence-corrected chi connectivity index (χ0v) is 28.5. The maximum atomic E-state index is 2.48. The van der Waals surface area contributed by atoms with E-state index in [1.54, 1.807) is 5.56 Å². The van der Waals surface area contributed by atoms with E-state index in [-0.39, 0.29) is 0 Å². The standard InChI is InChI=1S/C46H40N2S/c1-2-10-35(11-3-1)40-12-4-5-13-41(40)47(37-20-18-36(19-21-37)46-29-32-26-33(30-46)28-34(27-32)31-46)38-22-24-39(25-23-38)48-42-14-6-8-16-44(42)49-45-17-9-7-15-43(45)48/h1-25,32-34H,26-31H2.